The molecule has 126 valence electrons. The van der Waals surface area contributed by atoms with Crippen molar-refractivity contribution in [2.75, 3.05) is 5.32 Å². The molecule has 0 saturated heterocycles. The van der Waals surface area contributed by atoms with Crippen molar-refractivity contribution in [3.05, 3.63) is 53.6 Å². The number of nitrogens with one attached hydrogen (secondary N) is 1. The standard InChI is InChI=1S/C18H19NO4S/c1-13(20)19-17-8-4-5-9-18(17)23-24(21,22)16-11-10-14-6-2-3-7-15(14)12-16/h4-5,8-12H,2-3,6-7H2,1H3,(H,19,20). The Bertz CT molecular complexity index is 874. The molecule has 3 rings (SSSR count). The zero-order valence-electron chi connectivity index (χ0n) is 13.4. The molecule has 0 aromatic heterocycles. The van der Waals surface area contributed by atoms with Gasteiger partial charge < -0.3 is 9.50 Å². The van der Waals surface area contributed by atoms with Crippen LogP contribution < -0.4 is 9.50 Å². The quantitative estimate of drug-likeness (QED) is 0.863. The third kappa shape index (κ3) is 3.59. The number of carbonyl (C=O) groups is 1. The van der Waals surface area contributed by atoms with Crippen LogP contribution in [0, 0.1) is 0 Å². The molecule has 2 aromatic carbocycles. The lowest BCUT2D eigenvalue weighted by atomic mass is 9.92. The average molecular weight is 345 g/mol. The minimum Gasteiger partial charge on any atom is -0.377 e. The van der Waals surface area contributed by atoms with Crippen LogP contribution in [0.4, 0.5) is 5.69 Å². The summed E-state index contributed by atoms with van der Waals surface area (Å²) in [6.07, 6.45) is 4.09. The molecule has 0 radical (unpaired) electrons. The number of hydrogen-bond acceptors (Lipinski definition) is 4. The van der Waals surface area contributed by atoms with Gasteiger partial charge in [0.05, 0.1) is 5.69 Å². The predicted molar refractivity (Wildman–Crippen MR) is 91.6 cm³/mol. The zero-order chi connectivity index (χ0) is 17.2. The maximum absolute atomic E-state index is 12.6. The zero-order valence-corrected chi connectivity index (χ0v) is 14.2. The van der Waals surface area contributed by atoms with E-state index >= 15 is 0 Å². The molecule has 0 atom stereocenters. The second kappa shape index (κ2) is 6.65. The Morgan fingerprint density at radius 3 is 2.50 bits per heavy atom. The fourth-order valence-corrected chi connectivity index (χ4v) is 3.86. The molecule has 1 aliphatic carbocycles. The molecule has 0 bridgehead atoms. The van der Waals surface area contributed by atoms with E-state index in [1.807, 2.05) is 6.07 Å². The normalized spacial score (nSPS) is 13.9. The topological polar surface area (TPSA) is 72.5 Å². The minimum atomic E-state index is -3.96. The van der Waals surface area contributed by atoms with Crippen LogP contribution in [0.15, 0.2) is 47.4 Å². The van der Waals surface area contributed by atoms with Gasteiger partial charge in [-0.25, -0.2) is 0 Å². The Hall–Kier alpha value is -2.34. The number of carbonyl (C=O) groups excluding carboxylic acids is 1. The van der Waals surface area contributed by atoms with E-state index in [1.165, 1.54) is 18.6 Å². The summed E-state index contributed by atoms with van der Waals surface area (Å²) in [6.45, 7) is 1.36. The van der Waals surface area contributed by atoms with Gasteiger partial charge in [0.2, 0.25) is 5.91 Å². The van der Waals surface area contributed by atoms with Crippen LogP contribution in [0.2, 0.25) is 0 Å². The minimum absolute atomic E-state index is 0.102. The molecular weight excluding hydrogens is 326 g/mol. The highest BCUT2D eigenvalue weighted by atomic mass is 32.2. The fraction of sp³-hybridized carbons (Fsp3) is 0.278. The summed E-state index contributed by atoms with van der Waals surface area (Å²) in [6, 6.07) is 11.6. The molecule has 0 unspecified atom stereocenters. The molecule has 6 heteroatoms. The van der Waals surface area contributed by atoms with Crippen LogP contribution in [0.1, 0.15) is 30.9 Å². The Morgan fingerprint density at radius 1 is 1.04 bits per heavy atom. The molecule has 0 heterocycles. The molecule has 0 fully saturated rings. The van der Waals surface area contributed by atoms with Crippen molar-refractivity contribution in [2.45, 2.75) is 37.5 Å². The summed E-state index contributed by atoms with van der Waals surface area (Å²) in [5.74, 6) is -0.192. The molecule has 24 heavy (non-hydrogen) atoms. The van der Waals surface area contributed by atoms with Gasteiger partial charge in [0, 0.05) is 6.92 Å². The van der Waals surface area contributed by atoms with Gasteiger partial charge >= 0.3 is 10.1 Å². The van der Waals surface area contributed by atoms with Crippen molar-refractivity contribution in [2.24, 2.45) is 0 Å². The second-order valence-electron chi connectivity index (χ2n) is 5.85. The average Bonchev–Trinajstić information content (AvgIpc) is 2.55. The number of amides is 1. The summed E-state index contributed by atoms with van der Waals surface area (Å²) < 4.78 is 30.4. The largest absolute Gasteiger partial charge is 0.377 e. The number of hydrogen-bond donors (Lipinski definition) is 1. The summed E-state index contributed by atoms with van der Waals surface area (Å²) in [5.41, 5.74) is 2.60. The molecule has 1 aliphatic rings. The van der Waals surface area contributed by atoms with E-state index in [0.29, 0.717) is 5.69 Å². The van der Waals surface area contributed by atoms with Gasteiger partial charge in [0.25, 0.3) is 0 Å². The van der Waals surface area contributed by atoms with Gasteiger partial charge in [0.1, 0.15) is 4.90 Å². The van der Waals surface area contributed by atoms with Gasteiger partial charge in [-0.3, -0.25) is 4.79 Å². The Kier molecular flexibility index (Phi) is 4.57. The van der Waals surface area contributed by atoms with Crippen molar-refractivity contribution in [1.29, 1.82) is 0 Å². The third-order valence-electron chi connectivity index (χ3n) is 4.01. The van der Waals surface area contributed by atoms with E-state index in [1.54, 1.807) is 30.3 Å². The SMILES string of the molecule is CC(=O)Nc1ccccc1OS(=O)(=O)c1ccc2c(c1)CCCC2. The molecule has 0 saturated carbocycles. The molecule has 5 nitrogen and oxygen atoms in total. The first kappa shape index (κ1) is 16.5. The van der Waals surface area contributed by atoms with Crippen molar-refractivity contribution in [3.63, 3.8) is 0 Å². The van der Waals surface area contributed by atoms with Gasteiger partial charge in [-0.1, -0.05) is 18.2 Å². The summed E-state index contributed by atoms with van der Waals surface area (Å²) in [5, 5.41) is 2.57. The smallest absolute Gasteiger partial charge is 0.339 e. The predicted octanol–water partition coefficient (Wildman–Crippen LogP) is 3.29. The fourth-order valence-electron chi connectivity index (χ4n) is 2.86. The van der Waals surface area contributed by atoms with Crippen molar-refractivity contribution >= 4 is 21.7 Å². The lowest BCUT2D eigenvalue weighted by molar-refractivity contribution is -0.114. The molecule has 1 N–H and O–H groups in total. The van der Waals surface area contributed by atoms with E-state index in [0.717, 1.165) is 31.2 Å². The number of aryl methyl sites for hydroxylation is 2. The highest BCUT2D eigenvalue weighted by molar-refractivity contribution is 7.87. The highest BCUT2D eigenvalue weighted by Crippen LogP contribution is 2.29. The van der Waals surface area contributed by atoms with Crippen LogP contribution >= 0.6 is 0 Å². The first-order valence-corrected chi connectivity index (χ1v) is 9.29. The number of benzene rings is 2. The molecular formula is C18H19NO4S. The van der Waals surface area contributed by atoms with Crippen LogP contribution in [0.5, 0.6) is 5.75 Å². The van der Waals surface area contributed by atoms with Gasteiger partial charge in [0.15, 0.2) is 5.75 Å². The van der Waals surface area contributed by atoms with Crippen molar-refractivity contribution < 1.29 is 17.4 Å². The van der Waals surface area contributed by atoms with Gasteiger partial charge in [-0.05, 0) is 61.1 Å². The number of rotatable bonds is 4. The molecule has 0 spiro atoms. The Morgan fingerprint density at radius 2 is 1.75 bits per heavy atom. The first-order valence-electron chi connectivity index (χ1n) is 7.88. The Balaban J connectivity index is 1.91. The van der Waals surface area contributed by atoms with Crippen LogP contribution in [-0.4, -0.2) is 14.3 Å². The van der Waals surface area contributed by atoms with E-state index in [4.69, 9.17) is 4.18 Å². The van der Waals surface area contributed by atoms with Crippen LogP contribution in [0.3, 0.4) is 0 Å². The van der Waals surface area contributed by atoms with Crippen LogP contribution in [0.25, 0.3) is 0 Å². The van der Waals surface area contributed by atoms with Crippen LogP contribution in [-0.2, 0) is 27.8 Å². The maximum atomic E-state index is 12.6. The van der Waals surface area contributed by atoms with Crippen molar-refractivity contribution in [1.82, 2.24) is 0 Å². The van der Waals surface area contributed by atoms with E-state index in [9.17, 15) is 13.2 Å². The summed E-state index contributed by atoms with van der Waals surface area (Å²) in [4.78, 5) is 11.4. The van der Waals surface area contributed by atoms with E-state index < -0.39 is 10.1 Å². The van der Waals surface area contributed by atoms with Gasteiger partial charge in [-0.15, -0.1) is 0 Å². The first-order chi connectivity index (χ1) is 11.5. The lowest BCUT2D eigenvalue weighted by Crippen LogP contribution is -2.14. The molecule has 0 aliphatic heterocycles. The monoisotopic (exact) mass is 345 g/mol. The summed E-state index contributed by atoms with van der Waals surface area (Å²) in [7, 11) is -3.96. The molecule has 1 amide bonds. The van der Waals surface area contributed by atoms with Crippen molar-refractivity contribution in [3.8, 4) is 5.75 Å². The van der Waals surface area contributed by atoms with Gasteiger partial charge in [-0.2, -0.15) is 8.42 Å². The Labute approximate surface area is 141 Å². The third-order valence-corrected chi connectivity index (χ3v) is 5.24. The van der Waals surface area contributed by atoms with E-state index in [-0.39, 0.29) is 16.6 Å². The summed E-state index contributed by atoms with van der Waals surface area (Å²) >= 11 is 0. The second-order valence-corrected chi connectivity index (χ2v) is 7.40. The molecule has 2 aromatic rings. The number of anilines is 1. The lowest BCUT2D eigenvalue weighted by Gasteiger charge is -2.17. The van der Waals surface area contributed by atoms with E-state index in [2.05, 4.69) is 5.32 Å². The highest BCUT2D eigenvalue weighted by Gasteiger charge is 2.21. The number of fused-ring (bicyclic) bond motifs is 1. The maximum Gasteiger partial charge on any atom is 0.339 e. The number of para-hydroxylation sites is 2.